The minimum absolute atomic E-state index is 0.190. The molecule has 0 atom stereocenters. The van der Waals surface area contributed by atoms with Gasteiger partial charge in [-0.1, -0.05) is 172 Å². The van der Waals surface area contributed by atoms with Gasteiger partial charge in [0.05, 0.1) is 11.2 Å². The summed E-state index contributed by atoms with van der Waals surface area (Å²) < 4.78 is 2.48. The van der Waals surface area contributed by atoms with E-state index in [0.717, 1.165) is 16.9 Å². The molecule has 1 heterocycles. The van der Waals surface area contributed by atoms with E-state index < -0.39 is 0 Å². The SMILES string of the molecule is Cc1ccccc1N(c1ccc(/C=C/c2ccc3c(c2)C(C)(C)c2cc4c(cc2-3)c(-c2ccccc2)c(-c2ccccc2)n4-c2ccccc2)cc1)c1ccccc1C. The summed E-state index contributed by atoms with van der Waals surface area (Å²) >= 11 is 0. The van der Waals surface area contributed by atoms with E-state index in [9.17, 15) is 0 Å². The molecular weight excluding hydrogens is 713 g/mol. The Hall–Kier alpha value is -7.16. The smallest absolute Gasteiger partial charge is 0.0619 e. The first-order valence-corrected chi connectivity index (χ1v) is 20.6. The Morgan fingerprint density at radius 1 is 0.475 bits per heavy atom. The maximum Gasteiger partial charge on any atom is 0.0619 e. The molecule has 0 bridgehead atoms. The highest BCUT2D eigenvalue weighted by Gasteiger charge is 2.37. The van der Waals surface area contributed by atoms with Gasteiger partial charge in [-0.2, -0.15) is 0 Å². The lowest BCUT2D eigenvalue weighted by Gasteiger charge is -2.28. The van der Waals surface area contributed by atoms with Crippen molar-refractivity contribution in [2.45, 2.75) is 33.1 Å². The lowest BCUT2D eigenvalue weighted by molar-refractivity contribution is 0.661. The molecule has 2 nitrogen and oxygen atoms in total. The van der Waals surface area contributed by atoms with E-state index in [1.54, 1.807) is 0 Å². The van der Waals surface area contributed by atoms with Crippen molar-refractivity contribution in [3.8, 4) is 39.2 Å². The van der Waals surface area contributed by atoms with Crippen molar-refractivity contribution >= 4 is 40.1 Å². The van der Waals surface area contributed by atoms with Crippen LogP contribution in [0, 0.1) is 13.8 Å². The second-order valence-electron chi connectivity index (χ2n) is 16.3. The molecule has 2 heteroatoms. The van der Waals surface area contributed by atoms with Crippen molar-refractivity contribution in [2.24, 2.45) is 0 Å². The first-order chi connectivity index (χ1) is 28.9. The van der Waals surface area contributed by atoms with Crippen LogP contribution >= 0.6 is 0 Å². The summed E-state index contributed by atoms with van der Waals surface area (Å²) in [5.74, 6) is 0. The lowest BCUT2D eigenvalue weighted by Crippen LogP contribution is -2.15. The van der Waals surface area contributed by atoms with Crippen LogP contribution in [0.1, 0.15) is 47.2 Å². The fraction of sp³-hybridized carbons (Fsp3) is 0.0877. The van der Waals surface area contributed by atoms with Gasteiger partial charge >= 0.3 is 0 Å². The molecule has 9 aromatic rings. The molecule has 284 valence electrons. The van der Waals surface area contributed by atoms with Gasteiger partial charge in [0.15, 0.2) is 0 Å². The standard InChI is InChI=1S/C57H46N2/c1-39-18-14-16-26-52(39)58(53-27-17-15-19-40(53)2)46-33-30-41(31-34-46)28-29-42-32-35-47-48-37-49-54(38-51(48)57(3,4)50(47)36-42)59(45-24-12-7-13-25-45)56(44-22-10-6-11-23-44)55(49)43-20-8-5-9-21-43/h5-38H,1-4H3/b29-28+. The molecule has 59 heavy (non-hydrogen) atoms. The maximum absolute atomic E-state index is 2.48. The summed E-state index contributed by atoms with van der Waals surface area (Å²) in [6.45, 7) is 9.13. The number of benzene rings is 8. The van der Waals surface area contributed by atoms with E-state index in [2.05, 4.69) is 243 Å². The second-order valence-corrected chi connectivity index (χ2v) is 16.3. The molecule has 0 N–H and O–H groups in total. The van der Waals surface area contributed by atoms with E-state index in [1.807, 2.05) is 0 Å². The normalized spacial score (nSPS) is 12.8. The van der Waals surface area contributed by atoms with Crippen LogP contribution in [0.2, 0.25) is 0 Å². The number of para-hydroxylation sites is 3. The average Bonchev–Trinajstić information content (AvgIpc) is 3.72. The van der Waals surface area contributed by atoms with Gasteiger partial charge in [-0.25, -0.2) is 0 Å². The number of anilines is 3. The van der Waals surface area contributed by atoms with Crippen molar-refractivity contribution in [2.75, 3.05) is 4.90 Å². The summed E-state index contributed by atoms with van der Waals surface area (Å²) in [6.07, 6.45) is 4.50. The van der Waals surface area contributed by atoms with Gasteiger partial charge in [0.25, 0.3) is 0 Å². The Morgan fingerprint density at radius 2 is 1.00 bits per heavy atom. The molecule has 0 saturated carbocycles. The Morgan fingerprint density at radius 3 is 1.63 bits per heavy atom. The van der Waals surface area contributed by atoms with Gasteiger partial charge in [0.1, 0.15) is 0 Å². The molecule has 0 fully saturated rings. The second kappa shape index (κ2) is 14.7. The average molecular weight is 759 g/mol. The largest absolute Gasteiger partial charge is 0.310 e. The lowest BCUT2D eigenvalue weighted by atomic mass is 9.81. The van der Waals surface area contributed by atoms with Crippen LogP contribution in [0.25, 0.3) is 62.3 Å². The minimum atomic E-state index is -0.190. The predicted molar refractivity (Wildman–Crippen MR) is 251 cm³/mol. The van der Waals surface area contributed by atoms with E-state index in [0.29, 0.717) is 0 Å². The van der Waals surface area contributed by atoms with Crippen LogP contribution in [0.3, 0.4) is 0 Å². The Labute approximate surface area is 348 Å². The van der Waals surface area contributed by atoms with Gasteiger partial charge in [-0.3, -0.25) is 0 Å². The van der Waals surface area contributed by atoms with Crippen molar-refractivity contribution < 1.29 is 0 Å². The summed E-state index contributed by atoms with van der Waals surface area (Å²) in [4.78, 5) is 2.37. The molecule has 0 amide bonds. The Balaban J connectivity index is 1.04. The van der Waals surface area contributed by atoms with Crippen molar-refractivity contribution in [1.82, 2.24) is 4.57 Å². The van der Waals surface area contributed by atoms with Gasteiger partial charge in [-0.05, 0) is 118 Å². The highest BCUT2D eigenvalue weighted by Crippen LogP contribution is 2.53. The monoisotopic (exact) mass is 758 g/mol. The first-order valence-electron chi connectivity index (χ1n) is 20.6. The van der Waals surface area contributed by atoms with Crippen LogP contribution in [-0.4, -0.2) is 4.57 Å². The number of aromatic nitrogens is 1. The summed E-state index contributed by atoms with van der Waals surface area (Å²) in [5, 5.41) is 1.26. The van der Waals surface area contributed by atoms with Gasteiger partial charge < -0.3 is 9.47 Å². The van der Waals surface area contributed by atoms with Gasteiger partial charge in [-0.15, -0.1) is 0 Å². The van der Waals surface area contributed by atoms with Crippen molar-refractivity contribution in [3.05, 3.63) is 228 Å². The predicted octanol–water partition coefficient (Wildman–Crippen LogP) is 15.5. The fourth-order valence-electron chi connectivity index (χ4n) is 9.21. The molecule has 1 aromatic heterocycles. The molecule has 1 aliphatic rings. The Bertz CT molecular complexity index is 2960. The molecule has 8 aromatic carbocycles. The highest BCUT2D eigenvalue weighted by molar-refractivity contribution is 6.08. The summed E-state index contributed by atoms with van der Waals surface area (Å²) in [6, 6.07) is 70.7. The van der Waals surface area contributed by atoms with Gasteiger partial charge in [0.2, 0.25) is 0 Å². The molecule has 1 aliphatic carbocycles. The minimum Gasteiger partial charge on any atom is -0.310 e. The quantitative estimate of drug-likeness (QED) is 0.140. The third-order valence-electron chi connectivity index (χ3n) is 12.2. The number of fused-ring (bicyclic) bond motifs is 4. The first kappa shape index (κ1) is 36.2. The third-order valence-corrected chi connectivity index (χ3v) is 12.2. The molecule has 10 rings (SSSR count). The van der Waals surface area contributed by atoms with Crippen LogP contribution in [0.5, 0.6) is 0 Å². The number of hydrogen-bond donors (Lipinski definition) is 0. The van der Waals surface area contributed by atoms with Crippen LogP contribution in [-0.2, 0) is 5.41 Å². The third kappa shape index (κ3) is 6.29. The van der Waals surface area contributed by atoms with E-state index in [-0.39, 0.29) is 5.41 Å². The summed E-state index contributed by atoms with van der Waals surface area (Å²) in [5.41, 5.74) is 20.8. The van der Waals surface area contributed by atoms with Crippen molar-refractivity contribution in [1.29, 1.82) is 0 Å². The fourth-order valence-corrected chi connectivity index (χ4v) is 9.21. The molecule has 0 aliphatic heterocycles. The highest BCUT2D eigenvalue weighted by atomic mass is 15.1. The zero-order chi connectivity index (χ0) is 40.1. The molecule has 0 saturated heterocycles. The molecular formula is C57H46N2. The van der Waals surface area contributed by atoms with E-state index in [1.165, 1.54) is 83.6 Å². The van der Waals surface area contributed by atoms with Crippen molar-refractivity contribution in [3.63, 3.8) is 0 Å². The van der Waals surface area contributed by atoms with Gasteiger partial charge in [0, 0.05) is 39.1 Å². The number of aryl methyl sites for hydroxylation is 2. The van der Waals surface area contributed by atoms with Crippen LogP contribution in [0.4, 0.5) is 17.1 Å². The summed E-state index contributed by atoms with van der Waals surface area (Å²) in [7, 11) is 0. The van der Waals surface area contributed by atoms with Crippen LogP contribution < -0.4 is 4.90 Å². The topological polar surface area (TPSA) is 8.17 Å². The number of hydrogen-bond acceptors (Lipinski definition) is 1. The Kier molecular flexibility index (Phi) is 8.99. The van der Waals surface area contributed by atoms with E-state index in [4.69, 9.17) is 0 Å². The van der Waals surface area contributed by atoms with E-state index >= 15 is 0 Å². The maximum atomic E-state index is 2.48. The number of nitrogens with zero attached hydrogens (tertiary/aromatic N) is 2. The number of rotatable bonds is 8. The zero-order valence-corrected chi connectivity index (χ0v) is 34.0. The molecule has 0 unspecified atom stereocenters. The molecule has 0 radical (unpaired) electrons. The van der Waals surface area contributed by atoms with Crippen LogP contribution in [0.15, 0.2) is 194 Å². The zero-order valence-electron chi connectivity index (χ0n) is 34.0. The molecule has 0 spiro atoms.